The average Bonchev–Trinajstić information content (AvgIpc) is 3.40. The number of nitrogens with zero attached hydrogens (tertiary/aromatic N) is 3. The van der Waals surface area contributed by atoms with Gasteiger partial charge in [-0.2, -0.15) is 0 Å². The van der Waals surface area contributed by atoms with Crippen LogP contribution in [0.25, 0.3) is 5.69 Å². The largest absolute Gasteiger partial charge is 0.506 e. The number of phenolic OH excluding ortho intramolecular Hbond substituents is 1. The van der Waals surface area contributed by atoms with Crippen LogP contribution in [0.5, 0.6) is 5.75 Å². The van der Waals surface area contributed by atoms with Gasteiger partial charge >= 0.3 is 0 Å². The van der Waals surface area contributed by atoms with Gasteiger partial charge in [-0.15, -0.1) is 0 Å². The second-order valence-electron chi connectivity index (χ2n) is 9.78. The van der Waals surface area contributed by atoms with Crippen molar-refractivity contribution in [1.29, 1.82) is 0 Å². The summed E-state index contributed by atoms with van der Waals surface area (Å²) in [6.45, 7) is 6.44. The smallest absolute Gasteiger partial charge is 0.226 e. The quantitative estimate of drug-likeness (QED) is 0.235. The van der Waals surface area contributed by atoms with E-state index in [4.69, 9.17) is 23.8 Å². The summed E-state index contributed by atoms with van der Waals surface area (Å²) in [5, 5.41) is 18.2. The van der Waals surface area contributed by atoms with Crippen molar-refractivity contribution in [2.75, 3.05) is 11.9 Å². The first-order valence-corrected chi connectivity index (χ1v) is 13.5. The molecule has 1 aliphatic heterocycles. The van der Waals surface area contributed by atoms with Gasteiger partial charge in [0.25, 0.3) is 0 Å². The lowest BCUT2D eigenvalue weighted by molar-refractivity contribution is -0.116. The number of aromatic hydroxyl groups is 1. The van der Waals surface area contributed by atoms with E-state index in [0.29, 0.717) is 22.4 Å². The number of carbonyl (C=O) groups is 1. The van der Waals surface area contributed by atoms with Crippen LogP contribution in [0.3, 0.4) is 0 Å². The zero-order valence-electron chi connectivity index (χ0n) is 22.0. The highest BCUT2D eigenvalue weighted by atomic mass is 35.5. The number of hydrogen-bond acceptors (Lipinski definition) is 4. The van der Waals surface area contributed by atoms with Crippen LogP contribution >= 0.6 is 23.8 Å². The van der Waals surface area contributed by atoms with Gasteiger partial charge in [0, 0.05) is 41.3 Å². The Morgan fingerprint density at radius 2 is 1.87 bits per heavy atom. The minimum Gasteiger partial charge on any atom is -0.506 e. The number of carbonyl (C=O) groups excluding carboxylic acids is 1. The number of rotatable bonds is 7. The summed E-state index contributed by atoms with van der Waals surface area (Å²) >= 11 is 12.1. The zero-order valence-corrected chi connectivity index (χ0v) is 23.6. The van der Waals surface area contributed by atoms with E-state index in [1.165, 1.54) is 0 Å². The minimum absolute atomic E-state index is 0.0870. The summed E-state index contributed by atoms with van der Waals surface area (Å²) in [5.41, 5.74) is 6.26. The van der Waals surface area contributed by atoms with E-state index in [-0.39, 0.29) is 30.2 Å². The van der Waals surface area contributed by atoms with Gasteiger partial charge in [-0.3, -0.25) is 9.78 Å². The summed E-state index contributed by atoms with van der Waals surface area (Å²) in [5.74, 6) is 0.0507. The van der Waals surface area contributed by atoms with Crippen LogP contribution in [-0.4, -0.2) is 37.1 Å². The van der Waals surface area contributed by atoms with Gasteiger partial charge in [0.05, 0.1) is 23.5 Å². The Hall–Kier alpha value is -3.88. The van der Waals surface area contributed by atoms with E-state index in [1.807, 2.05) is 67.8 Å². The Bertz CT molecular complexity index is 1520. The van der Waals surface area contributed by atoms with Crippen LogP contribution in [0.1, 0.15) is 46.7 Å². The average molecular weight is 560 g/mol. The van der Waals surface area contributed by atoms with Crippen LogP contribution in [-0.2, 0) is 4.79 Å². The van der Waals surface area contributed by atoms with E-state index in [9.17, 15) is 9.90 Å². The number of halogens is 1. The Morgan fingerprint density at radius 3 is 2.59 bits per heavy atom. The second-order valence-corrected chi connectivity index (χ2v) is 10.6. The van der Waals surface area contributed by atoms with Crippen LogP contribution in [0.2, 0.25) is 5.02 Å². The molecule has 2 atom stereocenters. The van der Waals surface area contributed by atoms with E-state index in [1.54, 1.807) is 24.4 Å². The molecule has 5 rings (SSSR count). The van der Waals surface area contributed by atoms with Crippen molar-refractivity contribution in [3.8, 4) is 11.4 Å². The number of aryl methyl sites for hydroxylation is 2. The first-order valence-electron chi connectivity index (χ1n) is 12.7. The minimum atomic E-state index is -0.222. The Kier molecular flexibility index (Phi) is 7.59. The molecule has 1 aliphatic rings. The molecule has 1 fully saturated rings. The maximum Gasteiger partial charge on any atom is 0.226 e. The summed E-state index contributed by atoms with van der Waals surface area (Å²) in [6.07, 6.45) is 2.02. The van der Waals surface area contributed by atoms with Crippen LogP contribution in [0.15, 0.2) is 72.9 Å². The second kappa shape index (κ2) is 11.1. The maximum atomic E-state index is 12.9. The van der Waals surface area contributed by atoms with Crippen molar-refractivity contribution in [1.82, 2.24) is 19.8 Å². The van der Waals surface area contributed by atoms with Gasteiger partial charge in [0.2, 0.25) is 5.91 Å². The third kappa shape index (κ3) is 5.48. The van der Waals surface area contributed by atoms with Gasteiger partial charge in [0.15, 0.2) is 5.11 Å². The van der Waals surface area contributed by atoms with Crippen molar-refractivity contribution < 1.29 is 9.90 Å². The predicted octanol–water partition coefficient (Wildman–Crippen LogP) is 6.16. The number of pyridine rings is 1. The highest BCUT2D eigenvalue weighted by Gasteiger charge is 2.41. The standard InChI is InChI=1S/C30H30ClN5O2S/c1-18-7-10-22(11-8-18)33-27(38)13-15-35-29(28(34-30(35)39)24-6-4-5-14-32-24)23-16-19(2)36(20(23)3)25-17-21(31)9-12-26(25)37/h4-12,14,16-17,28-29,37H,13,15H2,1-3H3,(H,33,38)(H,34,39)/t28-,29+/m1/s1. The molecule has 0 radical (unpaired) electrons. The summed E-state index contributed by atoms with van der Waals surface area (Å²) in [4.78, 5) is 19.6. The fraction of sp³-hybridized carbons (Fsp3) is 0.233. The third-order valence-corrected chi connectivity index (χ3v) is 7.67. The Morgan fingerprint density at radius 1 is 1.10 bits per heavy atom. The molecule has 1 amide bonds. The molecule has 9 heteroatoms. The van der Waals surface area contributed by atoms with Gasteiger partial charge in [-0.25, -0.2) is 0 Å². The molecule has 7 nitrogen and oxygen atoms in total. The highest BCUT2D eigenvalue weighted by Crippen LogP contribution is 2.42. The number of aromatic nitrogens is 2. The van der Waals surface area contributed by atoms with E-state index in [0.717, 1.165) is 33.9 Å². The molecular formula is C30H30ClN5O2S. The van der Waals surface area contributed by atoms with Gasteiger partial charge in [-0.05, 0) is 87.1 Å². The van der Waals surface area contributed by atoms with Crippen molar-refractivity contribution in [2.24, 2.45) is 0 Å². The van der Waals surface area contributed by atoms with E-state index >= 15 is 0 Å². The topological polar surface area (TPSA) is 82.4 Å². The number of thiocarbonyl (C=S) groups is 1. The van der Waals surface area contributed by atoms with E-state index < -0.39 is 0 Å². The molecule has 200 valence electrons. The highest BCUT2D eigenvalue weighted by molar-refractivity contribution is 7.80. The molecular weight excluding hydrogens is 530 g/mol. The molecule has 3 heterocycles. The van der Waals surface area contributed by atoms with Crippen molar-refractivity contribution in [3.63, 3.8) is 0 Å². The molecule has 0 unspecified atom stereocenters. The van der Waals surface area contributed by atoms with Gasteiger partial charge < -0.3 is 25.2 Å². The Balaban J connectivity index is 1.48. The number of amides is 1. The molecule has 0 bridgehead atoms. The maximum absolute atomic E-state index is 12.9. The first kappa shape index (κ1) is 26.7. The number of hydrogen-bond donors (Lipinski definition) is 3. The zero-order chi connectivity index (χ0) is 27.7. The Labute approximate surface area is 238 Å². The summed E-state index contributed by atoms with van der Waals surface area (Å²) in [7, 11) is 0. The molecule has 0 spiro atoms. The van der Waals surface area contributed by atoms with Crippen LogP contribution in [0, 0.1) is 20.8 Å². The molecule has 4 aromatic rings. The fourth-order valence-corrected chi connectivity index (χ4v) is 5.70. The molecule has 2 aromatic carbocycles. The predicted molar refractivity (Wildman–Crippen MR) is 159 cm³/mol. The number of nitrogens with one attached hydrogen (secondary N) is 2. The molecule has 1 saturated heterocycles. The molecule has 0 aliphatic carbocycles. The molecule has 39 heavy (non-hydrogen) atoms. The van der Waals surface area contributed by atoms with Crippen LogP contribution in [0.4, 0.5) is 5.69 Å². The monoisotopic (exact) mass is 559 g/mol. The normalized spacial score (nSPS) is 16.8. The first-order chi connectivity index (χ1) is 18.7. The molecule has 3 N–H and O–H groups in total. The number of benzene rings is 2. The van der Waals surface area contributed by atoms with E-state index in [2.05, 4.69) is 26.6 Å². The lowest BCUT2D eigenvalue weighted by Crippen LogP contribution is -2.32. The van der Waals surface area contributed by atoms with Gasteiger partial charge in [0.1, 0.15) is 5.75 Å². The van der Waals surface area contributed by atoms with Crippen molar-refractivity contribution in [3.05, 3.63) is 106 Å². The van der Waals surface area contributed by atoms with Crippen LogP contribution < -0.4 is 10.6 Å². The number of phenols is 1. The summed E-state index contributed by atoms with van der Waals surface area (Å²) in [6, 6.07) is 20.2. The third-order valence-electron chi connectivity index (χ3n) is 7.08. The SMILES string of the molecule is Cc1ccc(NC(=O)CCN2C(=S)N[C@H](c3ccccn3)[C@@H]2c2cc(C)n(-c3cc(Cl)ccc3O)c2C)cc1. The van der Waals surface area contributed by atoms with Crippen molar-refractivity contribution in [2.45, 2.75) is 39.3 Å². The molecule has 0 saturated carbocycles. The van der Waals surface area contributed by atoms with Crippen molar-refractivity contribution >= 4 is 40.5 Å². The van der Waals surface area contributed by atoms with Gasteiger partial charge in [-0.1, -0.05) is 35.4 Å². The summed E-state index contributed by atoms with van der Waals surface area (Å²) < 4.78 is 2.00. The number of anilines is 1. The molecule has 2 aromatic heterocycles. The lowest BCUT2D eigenvalue weighted by Gasteiger charge is -2.28. The lowest BCUT2D eigenvalue weighted by atomic mass is 9.96. The fourth-order valence-electron chi connectivity index (χ4n) is 5.20.